The van der Waals surface area contributed by atoms with Crippen molar-refractivity contribution in [2.24, 2.45) is 4.99 Å². The maximum absolute atomic E-state index is 4.63. The topological polar surface area (TPSA) is 43.1 Å². The van der Waals surface area contributed by atoms with Gasteiger partial charge in [0.2, 0.25) is 0 Å². The molecule has 4 nitrogen and oxygen atoms in total. The second-order valence-electron chi connectivity index (χ2n) is 4.70. The van der Waals surface area contributed by atoms with Gasteiger partial charge < -0.3 is 4.57 Å². The molecule has 0 spiro atoms. The van der Waals surface area contributed by atoms with E-state index < -0.39 is 0 Å². The number of hydrogen-bond donors (Lipinski definition) is 0. The van der Waals surface area contributed by atoms with Crippen LogP contribution in [0.2, 0.25) is 0 Å². The minimum Gasteiger partial charge on any atom is -0.316 e. The lowest BCUT2D eigenvalue weighted by molar-refractivity contribution is 0.796. The Morgan fingerprint density at radius 2 is 1.70 bits per heavy atom. The van der Waals surface area contributed by atoms with Crippen molar-refractivity contribution < 1.29 is 0 Å². The van der Waals surface area contributed by atoms with Crippen LogP contribution in [0.15, 0.2) is 65.7 Å². The highest BCUT2D eigenvalue weighted by atomic mass is 15.2. The van der Waals surface area contributed by atoms with Gasteiger partial charge in [0.1, 0.15) is 12.7 Å². The third-order valence-electron chi connectivity index (χ3n) is 3.18. The van der Waals surface area contributed by atoms with Gasteiger partial charge in [-0.25, -0.2) is 0 Å². The Labute approximate surface area is 118 Å². The molecule has 0 saturated heterocycles. The van der Waals surface area contributed by atoms with Crippen LogP contribution in [0.1, 0.15) is 18.4 Å². The van der Waals surface area contributed by atoms with Gasteiger partial charge in [-0.05, 0) is 24.0 Å². The molecule has 0 unspecified atom stereocenters. The van der Waals surface area contributed by atoms with Crippen LogP contribution in [0.4, 0.5) is 0 Å². The maximum Gasteiger partial charge on any atom is 0.119 e. The molecule has 0 N–H and O–H groups in total. The summed E-state index contributed by atoms with van der Waals surface area (Å²) in [6.45, 7) is 0.762. The lowest BCUT2D eigenvalue weighted by atomic mass is 10.1. The zero-order chi connectivity index (χ0) is 13.6. The van der Waals surface area contributed by atoms with E-state index in [9.17, 15) is 0 Å². The Hall–Kier alpha value is -2.49. The van der Waals surface area contributed by atoms with Crippen molar-refractivity contribution in [3.05, 3.63) is 66.3 Å². The third kappa shape index (κ3) is 3.09. The summed E-state index contributed by atoms with van der Waals surface area (Å²) in [5, 5.41) is 7.64. The van der Waals surface area contributed by atoms with Crippen molar-refractivity contribution in [1.29, 1.82) is 0 Å². The molecule has 3 rings (SSSR count). The highest BCUT2D eigenvalue weighted by molar-refractivity contribution is 5.85. The molecular weight excluding hydrogens is 248 g/mol. The molecule has 1 aliphatic heterocycles. The molecular formula is C16H16N4. The van der Waals surface area contributed by atoms with Gasteiger partial charge in [0.15, 0.2) is 0 Å². The van der Waals surface area contributed by atoms with Gasteiger partial charge in [-0.15, -0.1) is 10.2 Å². The summed E-state index contributed by atoms with van der Waals surface area (Å²) in [5.41, 5.74) is 3.39. The number of hydrogen-bond acceptors (Lipinski definition) is 3. The van der Waals surface area contributed by atoms with Crippen LogP contribution >= 0.6 is 0 Å². The van der Waals surface area contributed by atoms with Crippen LogP contribution in [0.3, 0.4) is 0 Å². The first-order valence-electron chi connectivity index (χ1n) is 6.73. The summed E-state index contributed by atoms with van der Waals surface area (Å²) in [6.07, 6.45) is 11.8. The maximum atomic E-state index is 4.63. The fourth-order valence-electron chi connectivity index (χ4n) is 2.17. The first kappa shape index (κ1) is 12.5. The summed E-state index contributed by atoms with van der Waals surface area (Å²) >= 11 is 0. The second kappa shape index (κ2) is 6.10. The molecule has 4 heteroatoms. The van der Waals surface area contributed by atoms with Crippen LogP contribution < -0.4 is 0 Å². The molecule has 1 aromatic heterocycles. The van der Waals surface area contributed by atoms with Gasteiger partial charge in [0.25, 0.3) is 0 Å². The first-order chi connectivity index (χ1) is 9.92. The zero-order valence-corrected chi connectivity index (χ0v) is 11.2. The Morgan fingerprint density at radius 3 is 2.50 bits per heavy atom. The average molecular weight is 264 g/mol. The standard InChI is InChI=1S/C16H16N4/c1-2-7-15(8-3-1)16-9-5-4-6-14(10-17-16)11-20-12-18-19-13-20/h1-3,6-10,12-13H,4-5,11H2. The lowest BCUT2D eigenvalue weighted by Gasteiger charge is -2.08. The summed E-state index contributed by atoms with van der Waals surface area (Å²) < 4.78 is 1.95. The molecule has 20 heavy (non-hydrogen) atoms. The van der Waals surface area contributed by atoms with Crippen LogP contribution in [-0.2, 0) is 6.54 Å². The number of allylic oxidation sites excluding steroid dienone is 3. The van der Waals surface area contributed by atoms with E-state index in [1.54, 1.807) is 12.7 Å². The van der Waals surface area contributed by atoms with Crippen molar-refractivity contribution in [2.75, 3.05) is 0 Å². The summed E-state index contributed by atoms with van der Waals surface area (Å²) in [5.74, 6) is 0. The molecule has 0 fully saturated rings. The Morgan fingerprint density at radius 1 is 0.950 bits per heavy atom. The highest BCUT2D eigenvalue weighted by Gasteiger charge is 2.03. The van der Waals surface area contributed by atoms with Crippen molar-refractivity contribution >= 4 is 11.9 Å². The number of benzene rings is 1. The monoisotopic (exact) mass is 264 g/mol. The number of aromatic nitrogens is 3. The molecule has 100 valence electrons. The van der Waals surface area contributed by atoms with E-state index in [0.717, 1.165) is 30.6 Å². The summed E-state index contributed by atoms with van der Waals surface area (Å²) in [4.78, 5) is 4.63. The van der Waals surface area contributed by atoms with Gasteiger partial charge in [-0.2, -0.15) is 0 Å². The largest absolute Gasteiger partial charge is 0.316 e. The average Bonchev–Trinajstić information content (AvgIpc) is 2.96. The number of rotatable bonds is 3. The molecule has 2 aromatic rings. The van der Waals surface area contributed by atoms with E-state index in [-0.39, 0.29) is 0 Å². The van der Waals surface area contributed by atoms with Gasteiger partial charge in [-0.3, -0.25) is 4.99 Å². The van der Waals surface area contributed by atoms with Gasteiger partial charge in [0, 0.05) is 6.21 Å². The smallest absolute Gasteiger partial charge is 0.119 e. The molecule has 1 aromatic carbocycles. The summed E-state index contributed by atoms with van der Waals surface area (Å²) in [7, 11) is 0. The van der Waals surface area contributed by atoms with Gasteiger partial charge in [-0.1, -0.05) is 42.5 Å². The Balaban J connectivity index is 1.79. The van der Waals surface area contributed by atoms with Crippen molar-refractivity contribution in [1.82, 2.24) is 14.8 Å². The fourth-order valence-corrected chi connectivity index (χ4v) is 2.17. The molecule has 0 aliphatic carbocycles. The van der Waals surface area contributed by atoms with Crippen LogP contribution in [0.5, 0.6) is 0 Å². The zero-order valence-electron chi connectivity index (χ0n) is 11.2. The van der Waals surface area contributed by atoms with E-state index in [1.807, 2.05) is 29.0 Å². The van der Waals surface area contributed by atoms with Crippen LogP contribution in [-0.4, -0.2) is 21.0 Å². The van der Waals surface area contributed by atoms with Gasteiger partial charge in [0.05, 0.1) is 12.2 Å². The lowest BCUT2D eigenvalue weighted by Crippen LogP contribution is -2.01. The minimum atomic E-state index is 0.762. The number of aliphatic imine (C=N–C) groups is 1. The molecule has 0 saturated carbocycles. The Bertz CT molecular complexity index is 636. The van der Waals surface area contributed by atoms with E-state index in [1.165, 1.54) is 5.57 Å². The van der Waals surface area contributed by atoms with Gasteiger partial charge >= 0.3 is 0 Å². The predicted molar refractivity (Wildman–Crippen MR) is 80.3 cm³/mol. The minimum absolute atomic E-state index is 0.762. The van der Waals surface area contributed by atoms with E-state index in [4.69, 9.17) is 0 Å². The molecule has 0 amide bonds. The van der Waals surface area contributed by atoms with Crippen molar-refractivity contribution in [3.63, 3.8) is 0 Å². The van der Waals surface area contributed by atoms with E-state index in [0.29, 0.717) is 0 Å². The quantitative estimate of drug-likeness (QED) is 0.855. The van der Waals surface area contributed by atoms with E-state index >= 15 is 0 Å². The van der Waals surface area contributed by atoms with Crippen molar-refractivity contribution in [2.45, 2.75) is 19.4 Å². The fraction of sp³-hybridized carbons (Fsp3) is 0.188. The predicted octanol–water partition coefficient (Wildman–Crippen LogP) is 3.11. The van der Waals surface area contributed by atoms with Crippen LogP contribution in [0, 0.1) is 0 Å². The summed E-state index contributed by atoms with van der Waals surface area (Å²) in [6, 6.07) is 10.3. The normalized spacial score (nSPS) is 15.2. The molecule has 1 aliphatic rings. The second-order valence-corrected chi connectivity index (χ2v) is 4.70. The molecule has 2 heterocycles. The third-order valence-corrected chi connectivity index (χ3v) is 3.18. The highest BCUT2D eigenvalue weighted by Crippen LogP contribution is 2.19. The van der Waals surface area contributed by atoms with Crippen LogP contribution in [0.25, 0.3) is 5.70 Å². The first-order valence-corrected chi connectivity index (χ1v) is 6.73. The molecule has 0 radical (unpaired) electrons. The molecule has 0 bridgehead atoms. The molecule has 0 atom stereocenters. The SMILES string of the molecule is C1=NC(c2ccccc2)=CCCC=C1Cn1cnnc1. The van der Waals surface area contributed by atoms with E-state index in [2.05, 4.69) is 39.5 Å². The van der Waals surface area contributed by atoms with Crippen molar-refractivity contribution in [3.8, 4) is 0 Å². The number of nitrogens with zero attached hydrogens (tertiary/aromatic N) is 4. The Kier molecular flexibility index (Phi) is 3.83.